The first-order valence-electron chi connectivity index (χ1n) is 8.30. The second-order valence-corrected chi connectivity index (χ2v) is 6.07. The van der Waals surface area contributed by atoms with Crippen molar-refractivity contribution < 1.29 is 9.53 Å². The molecule has 0 aromatic heterocycles. The molecule has 0 saturated heterocycles. The predicted molar refractivity (Wildman–Crippen MR) is 92.5 cm³/mol. The molecule has 0 spiro atoms. The maximum absolute atomic E-state index is 12.3. The fraction of sp³-hybridized carbons (Fsp3) is 0.611. The molecule has 2 unspecified atom stereocenters. The topological polar surface area (TPSA) is 38.3 Å². The number of benzene rings is 1. The molecule has 0 aliphatic rings. The molecule has 124 valence electrons. The number of halogens is 1. The Balaban J connectivity index is 2.50. The van der Waals surface area contributed by atoms with E-state index in [2.05, 4.69) is 19.2 Å². The van der Waals surface area contributed by atoms with E-state index in [0.29, 0.717) is 23.1 Å². The molecule has 0 heterocycles. The van der Waals surface area contributed by atoms with Crippen molar-refractivity contribution in [2.75, 3.05) is 6.54 Å². The number of hydrogen-bond donors (Lipinski definition) is 1. The average molecular weight is 326 g/mol. The van der Waals surface area contributed by atoms with Crippen LogP contribution in [0.15, 0.2) is 24.3 Å². The van der Waals surface area contributed by atoms with E-state index in [9.17, 15) is 4.79 Å². The van der Waals surface area contributed by atoms with Gasteiger partial charge in [0.25, 0.3) is 5.91 Å². The summed E-state index contributed by atoms with van der Waals surface area (Å²) in [5, 5.41) is 3.64. The van der Waals surface area contributed by atoms with Crippen LogP contribution in [0.4, 0.5) is 0 Å². The average Bonchev–Trinajstić information content (AvgIpc) is 2.52. The van der Waals surface area contributed by atoms with Crippen LogP contribution in [0.25, 0.3) is 0 Å². The summed E-state index contributed by atoms with van der Waals surface area (Å²) in [7, 11) is 0. The van der Waals surface area contributed by atoms with Crippen LogP contribution in [0.3, 0.4) is 0 Å². The largest absolute Gasteiger partial charge is 0.481 e. The van der Waals surface area contributed by atoms with Crippen LogP contribution in [0.1, 0.15) is 52.9 Å². The van der Waals surface area contributed by atoms with Gasteiger partial charge in [-0.1, -0.05) is 57.7 Å². The lowest BCUT2D eigenvalue weighted by molar-refractivity contribution is -0.128. The number of hydrogen-bond acceptors (Lipinski definition) is 2. The van der Waals surface area contributed by atoms with Crippen molar-refractivity contribution in [3.63, 3.8) is 0 Å². The first-order chi connectivity index (χ1) is 10.6. The molecule has 1 aromatic carbocycles. The standard InChI is InChI=1S/C18H28ClNO2/c1-4-7-9-14(5-2)13-20-18(21)17(6-3)22-16-11-8-10-15(19)12-16/h8,10-12,14,17H,4-7,9,13H2,1-3H3,(H,20,21). The summed E-state index contributed by atoms with van der Waals surface area (Å²) in [4.78, 5) is 12.3. The van der Waals surface area contributed by atoms with E-state index in [4.69, 9.17) is 16.3 Å². The third kappa shape index (κ3) is 6.69. The van der Waals surface area contributed by atoms with Gasteiger partial charge in [-0.05, 0) is 37.0 Å². The lowest BCUT2D eigenvalue weighted by Gasteiger charge is -2.20. The summed E-state index contributed by atoms with van der Waals surface area (Å²) in [6, 6.07) is 7.15. The minimum Gasteiger partial charge on any atom is -0.481 e. The lowest BCUT2D eigenvalue weighted by atomic mass is 9.99. The van der Waals surface area contributed by atoms with E-state index >= 15 is 0 Å². The Morgan fingerprint density at radius 2 is 2.05 bits per heavy atom. The predicted octanol–water partition coefficient (Wildman–Crippen LogP) is 4.83. The Bertz CT molecular complexity index is 450. The van der Waals surface area contributed by atoms with Crippen molar-refractivity contribution in [3.05, 3.63) is 29.3 Å². The minimum absolute atomic E-state index is 0.0441. The summed E-state index contributed by atoms with van der Waals surface area (Å²) < 4.78 is 5.76. The normalized spacial score (nSPS) is 13.5. The zero-order valence-corrected chi connectivity index (χ0v) is 14.7. The Morgan fingerprint density at radius 1 is 1.27 bits per heavy atom. The number of carbonyl (C=O) groups is 1. The van der Waals surface area contributed by atoms with Crippen molar-refractivity contribution in [3.8, 4) is 5.75 Å². The molecule has 2 atom stereocenters. The number of nitrogens with one attached hydrogen (secondary N) is 1. The number of amides is 1. The van der Waals surface area contributed by atoms with Gasteiger partial charge in [0.1, 0.15) is 5.75 Å². The quantitative estimate of drug-likeness (QED) is 0.669. The third-order valence-corrected chi connectivity index (χ3v) is 4.08. The molecule has 4 heteroatoms. The van der Waals surface area contributed by atoms with Gasteiger partial charge in [-0.2, -0.15) is 0 Å². The van der Waals surface area contributed by atoms with Gasteiger partial charge in [-0.25, -0.2) is 0 Å². The molecular weight excluding hydrogens is 298 g/mol. The van der Waals surface area contributed by atoms with E-state index < -0.39 is 6.10 Å². The fourth-order valence-corrected chi connectivity index (χ4v) is 2.51. The van der Waals surface area contributed by atoms with Gasteiger partial charge >= 0.3 is 0 Å². The highest BCUT2D eigenvalue weighted by molar-refractivity contribution is 6.30. The van der Waals surface area contributed by atoms with E-state index in [-0.39, 0.29) is 5.91 Å². The summed E-state index contributed by atoms with van der Waals surface area (Å²) in [6.07, 6.45) is 4.82. The molecule has 1 N–H and O–H groups in total. The van der Waals surface area contributed by atoms with Gasteiger partial charge < -0.3 is 10.1 Å². The molecule has 0 radical (unpaired) electrons. The Morgan fingerprint density at radius 3 is 2.64 bits per heavy atom. The van der Waals surface area contributed by atoms with Crippen molar-refractivity contribution in [2.45, 2.75) is 59.0 Å². The van der Waals surface area contributed by atoms with Crippen LogP contribution in [-0.2, 0) is 4.79 Å². The summed E-state index contributed by atoms with van der Waals surface area (Å²) in [6.45, 7) is 7.04. The molecule has 0 bridgehead atoms. The van der Waals surface area contributed by atoms with Crippen LogP contribution < -0.4 is 10.1 Å². The minimum atomic E-state index is -0.470. The zero-order chi connectivity index (χ0) is 16.4. The smallest absolute Gasteiger partial charge is 0.261 e. The molecule has 3 nitrogen and oxygen atoms in total. The van der Waals surface area contributed by atoms with Crippen molar-refractivity contribution >= 4 is 17.5 Å². The van der Waals surface area contributed by atoms with Crippen LogP contribution >= 0.6 is 11.6 Å². The molecular formula is C18H28ClNO2. The highest BCUT2D eigenvalue weighted by Gasteiger charge is 2.19. The Labute approximate surface area is 139 Å². The Hall–Kier alpha value is -1.22. The van der Waals surface area contributed by atoms with Gasteiger partial charge in [0.15, 0.2) is 6.10 Å². The van der Waals surface area contributed by atoms with Crippen LogP contribution in [0.2, 0.25) is 5.02 Å². The van der Waals surface area contributed by atoms with Gasteiger partial charge in [-0.15, -0.1) is 0 Å². The second-order valence-electron chi connectivity index (χ2n) is 5.63. The van der Waals surface area contributed by atoms with Gasteiger partial charge in [0.05, 0.1) is 0 Å². The summed E-state index contributed by atoms with van der Waals surface area (Å²) in [5.41, 5.74) is 0. The van der Waals surface area contributed by atoms with Gasteiger partial charge in [-0.3, -0.25) is 4.79 Å². The number of carbonyl (C=O) groups excluding carboxylic acids is 1. The van der Waals surface area contributed by atoms with Crippen LogP contribution in [-0.4, -0.2) is 18.6 Å². The molecule has 0 aliphatic heterocycles. The molecule has 1 amide bonds. The molecule has 1 rings (SSSR count). The fourth-order valence-electron chi connectivity index (χ4n) is 2.33. The van der Waals surface area contributed by atoms with E-state index in [1.165, 1.54) is 19.3 Å². The first kappa shape index (κ1) is 18.8. The third-order valence-electron chi connectivity index (χ3n) is 3.85. The maximum Gasteiger partial charge on any atom is 0.261 e. The summed E-state index contributed by atoms with van der Waals surface area (Å²) in [5.74, 6) is 1.14. The van der Waals surface area contributed by atoms with Gasteiger partial charge in [0.2, 0.25) is 0 Å². The van der Waals surface area contributed by atoms with E-state index in [0.717, 1.165) is 13.0 Å². The second kappa shape index (κ2) is 10.5. The van der Waals surface area contributed by atoms with Crippen molar-refractivity contribution in [1.82, 2.24) is 5.32 Å². The number of unbranched alkanes of at least 4 members (excludes halogenated alkanes) is 1. The molecule has 0 saturated carbocycles. The van der Waals surface area contributed by atoms with Crippen LogP contribution in [0, 0.1) is 5.92 Å². The molecule has 0 fully saturated rings. The SMILES string of the molecule is CCCCC(CC)CNC(=O)C(CC)Oc1cccc(Cl)c1. The first-order valence-corrected chi connectivity index (χ1v) is 8.68. The zero-order valence-electron chi connectivity index (χ0n) is 13.9. The molecule has 22 heavy (non-hydrogen) atoms. The monoisotopic (exact) mass is 325 g/mol. The van der Waals surface area contributed by atoms with Crippen LogP contribution in [0.5, 0.6) is 5.75 Å². The molecule has 0 aliphatic carbocycles. The Kier molecular flexibility index (Phi) is 8.98. The van der Waals surface area contributed by atoms with E-state index in [1.807, 2.05) is 19.1 Å². The van der Waals surface area contributed by atoms with E-state index in [1.54, 1.807) is 12.1 Å². The maximum atomic E-state index is 12.3. The number of ether oxygens (including phenoxy) is 1. The van der Waals surface area contributed by atoms with Gasteiger partial charge in [0, 0.05) is 11.6 Å². The highest BCUT2D eigenvalue weighted by Crippen LogP contribution is 2.19. The molecule has 1 aromatic rings. The van der Waals surface area contributed by atoms with Crippen molar-refractivity contribution in [2.24, 2.45) is 5.92 Å². The summed E-state index contributed by atoms with van der Waals surface area (Å²) >= 11 is 5.94. The highest BCUT2D eigenvalue weighted by atomic mass is 35.5. The van der Waals surface area contributed by atoms with Crippen molar-refractivity contribution in [1.29, 1.82) is 0 Å². The lowest BCUT2D eigenvalue weighted by Crippen LogP contribution is -2.40. The number of rotatable bonds is 10.